The topological polar surface area (TPSA) is 89.2 Å². The first-order valence-corrected chi connectivity index (χ1v) is 9.37. The molecule has 2 aromatic rings. The van der Waals surface area contributed by atoms with E-state index in [1.165, 1.54) is 5.56 Å². The number of benzene rings is 1. The maximum atomic E-state index is 11.8. The summed E-state index contributed by atoms with van der Waals surface area (Å²) in [6.07, 6.45) is 2.04. The Morgan fingerprint density at radius 2 is 2.00 bits per heavy atom. The van der Waals surface area contributed by atoms with Gasteiger partial charge in [-0.25, -0.2) is 9.89 Å². The van der Waals surface area contributed by atoms with Crippen LogP contribution in [0, 0.1) is 0 Å². The van der Waals surface area contributed by atoms with E-state index in [1.54, 1.807) is 11.7 Å². The average molecular weight is 359 g/mol. The molecule has 3 rings (SSSR count). The van der Waals surface area contributed by atoms with Crippen LogP contribution in [0.1, 0.15) is 43.0 Å². The monoisotopic (exact) mass is 359 g/mol. The summed E-state index contributed by atoms with van der Waals surface area (Å²) < 4.78 is 6.98. The van der Waals surface area contributed by atoms with Gasteiger partial charge in [-0.1, -0.05) is 12.1 Å². The molecule has 3 N–H and O–H groups in total. The second-order valence-corrected chi connectivity index (χ2v) is 6.91. The van der Waals surface area contributed by atoms with Crippen molar-refractivity contribution in [3.05, 3.63) is 46.1 Å². The number of hydrogen-bond donors (Lipinski definition) is 2. The molecule has 0 bridgehead atoms. The van der Waals surface area contributed by atoms with Crippen LogP contribution in [0.2, 0.25) is 0 Å². The Hall–Kier alpha value is -2.12. The highest BCUT2D eigenvalue weighted by Crippen LogP contribution is 2.28. The normalized spacial score (nSPS) is 17.3. The van der Waals surface area contributed by atoms with E-state index < -0.39 is 0 Å². The van der Waals surface area contributed by atoms with Crippen LogP contribution in [0.4, 0.5) is 0 Å². The molecule has 0 saturated carbocycles. The molecule has 1 aromatic carbocycles. The number of nitrogens with one attached hydrogen (secondary N) is 1. The van der Waals surface area contributed by atoms with E-state index in [4.69, 9.17) is 10.5 Å². The number of likely N-dealkylation sites (tertiary alicyclic amines) is 1. The zero-order valence-corrected chi connectivity index (χ0v) is 15.6. The number of piperidine rings is 1. The molecule has 2 heterocycles. The fourth-order valence-electron chi connectivity index (χ4n) is 3.82. The van der Waals surface area contributed by atoms with Gasteiger partial charge in [0.2, 0.25) is 0 Å². The van der Waals surface area contributed by atoms with Crippen molar-refractivity contribution in [3.63, 3.8) is 0 Å². The minimum absolute atomic E-state index is 0.104. The van der Waals surface area contributed by atoms with Crippen LogP contribution in [-0.4, -0.2) is 53.0 Å². The van der Waals surface area contributed by atoms with Crippen molar-refractivity contribution in [1.82, 2.24) is 19.7 Å². The summed E-state index contributed by atoms with van der Waals surface area (Å²) >= 11 is 0. The van der Waals surface area contributed by atoms with Crippen molar-refractivity contribution >= 4 is 0 Å². The van der Waals surface area contributed by atoms with Gasteiger partial charge in [0.25, 0.3) is 0 Å². The van der Waals surface area contributed by atoms with Gasteiger partial charge in [0.15, 0.2) is 0 Å². The van der Waals surface area contributed by atoms with E-state index in [1.807, 2.05) is 19.1 Å². The lowest BCUT2D eigenvalue weighted by Gasteiger charge is -2.33. The van der Waals surface area contributed by atoms with Crippen molar-refractivity contribution in [3.8, 4) is 5.75 Å². The van der Waals surface area contributed by atoms with Crippen LogP contribution in [-0.2, 0) is 6.54 Å². The first-order valence-electron chi connectivity index (χ1n) is 9.37. The van der Waals surface area contributed by atoms with Gasteiger partial charge in [-0.3, -0.25) is 4.57 Å². The van der Waals surface area contributed by atoms with Crippen molar-refractivity contribution < 1.29 is 4.74 Å². The molecule has 1 atom stereocenters. The van der Waals surface area contributed by atoms with Crippen LogP contribution in [0.15, 0.2) is 29.1 Å². The summed E-state index contributed by atoms with van der Waals surface area (Å²) in [5, 5.41) is 6.84. The van der Waals surface area contributed by atoms with Gasteiger partial charge in [-0.15, -0.1) is 0 Å². The second kappa shape index (κ2) is 8.51. The van der Waals surface area contributed by atoms with E-state index in [2.05, 4.69) is 27.2 Å². The fourth-order valence-corrected chi connectivity index (χ4v) is 3.82. The molecular weight excluding hydrogens is 330 g/mol. The third-order valence-corrected chi connectivity index (χ3v) is 5.41. The first kappa shape index (κ1) is 18.7. The van der Waals surface area contributed by atoms with Gasteiger partial charge in [0.1, 0.15) is 11.6 Å². The lowest BCUT2D eigenvalue weighted by atomic mass is 9.93. The molecule has 1 aliphatic rings. The Morgan fingerprint density at radius 3 is 2.58 bits per heavy atom. The van der Waals surface area contributed by atoms with Gasteiger partial charge < -0.3 is 15.4 Å². The predicted octanol–water partition coefficient (Wildman–Crippen LogP) is 1.52. The van der Waals surface area contributed by atoms with E-state index in [9.17, 15) is 4.79 Å². The molecule has 7 heteroatoms. The Balaban J connectivity index is 1.59. The van der Waals surface area contributed by atoms with Gasteiger partial charge in [0.05, 0.1) is 7.11 Å². The minimum atomic E-state index is -0.104. The number of nitrogens with two attached hydrogens (primary N) is 1. The van der Waals surface area contributed by atoms with Crippen LogP contribution in [0.5, 0.6) is 5.75 Å². The third-order valence-electron chi connectivity index (χ3n) is 5.41. The molecule has 142 valence electrons. The number of aromatic amines is 1. The smallest absolute Gasteiger partial charge is 0.343 e. The third kappa shape index (κ3) is 3.99. The van der Waals surface area contributed by atoms with Crippen molar-refractivity contribution in [1.29, 1.82) is 0 Å². The summed E-state index contributed by atoms with van der Waals surface area (Å²) in [4.78, 5) is 14.2. The Bertz CT molecular complexity index is 744. The highest BCUT2D eigenvalue weighted by atomic mass is 16.5. The van der Waals surface area contributed by atoms with Gasteiger partial charge in [-0.2, -0.15) is 5.10 Å². The molecule has 1 fully saturated rings. The average Bonchev–Trinajstić information content (AvgIpc) is 3.07. The molecule has 1 aliphatic heterocycles. The van der Waals surface area contributed by atoms with Crippen molar-refractivity contribution in [2.75, 3.05) is 33.3 Å². The molecule has 26 heavy (non-hydrogen) atoms. The first-order chi connectivity index (χ1) is 12.7. The molecule has 1 aromatic heterocycles. The van der Waals surface area contributed by atoms with Crippen LogP contribution < -0.4 is 16.2 Å². The summed E-state index contributed by atoms with van der Waals surface area (Å²) in [7, 11) is 1.68. The summed E-state index contributed by atoms with van der Waals surface area (Å²) in [5.74, 6) is 2.44. The molecule has 7 nitrogen and oxygen atoms in total. The fraction of sp³-hybridized carbons (Fsp3) is 0.579. The van der Waals surface area contributed by atoms with Crippen molar-refractivity contribution in [2.45, 2.75) is 38.1 Å². The molecule has 1 unspecified atom stereocenters. The molecule has 0 spiro atoms. The summed E-state index contributed by atoms with van der Waals surface area (Å²) in [5.41, 5.74) is 7.19. The quantitative estimate of drug-likeness (QED) is 0.782. The molecule has 0 amide bonds. The largest absolute Gasteiger partial charge is 0.497 e. The number of H-pyrrole nitrogens is 1. The second-order valence-electron chi connectivity index (χ2n) is 6.91. The Morgan fingerprint density at radius 1 is 1.31 bits per heavy atom. The van der Waals surface area contributed by atoms with Crippen LogP contribution >= 0.6 is 0 Å². The number of ether oxygens (including phenoxy) is 1. The SMILES string of the molecule is CCn1c(C2CCN(CC(CN)c3ccc(OC)cc3)CC2)n[nH]c1=O. The predicted molar refractivity (Wildman–Crippen MR) is 102 cm³/mol. The lowest BCUT2D eigenvalue weighted by Crippen LogP contribution is -2.38. The maximum Gasteiger partial charge on any atom is 0.343 e. The minimum Gasteiger partial charge on any atom is -0.497 e. The van der Waals surface area contributed by atoms with Gasteiger partial charge >= 0.3 is 5.69 Å². The number of methoxy groups -OCH3 is 1. The van der Waals surface area contributed by atoms with Crippen molar-refractivity contribution in [2.24, 2.45) is 5.73 Å². The van der Waals surface area contributed by atoms with E-state index >= 15 is 0 Å². The molecule has 1 saturated heterocycles. The summed E-state index contributed by atoms with van der Waals surface area (Å²) in [6, 6.07) is 8.19. The van der Waals surface area contributed by atoms with Gasteiger partial charge in [0, 0.05) is 31.5 Å². The van der Waals surface area contributed by atoms with E-state index in [0.717, 1.165) is 44.0 Å². The van der Waals surface area contributed by atoms with E-state index in [-0.39, 0.29) is 5.69 Å². The lowest BCUT2D eigenvalue weighted by molar-refractivity contribution is 0.197. The van der Waals surface area contributed by atoms with E-state index in [0.29, 0.717) is 24.9 Å². The molecular formula is C19H29N5O2. The number of hydrogen-bond acceptors (Lipinski definition) is 5. The highest BCUT2D eigenvalue weighted by Gasteiger charge is 2.26. The Labute approximate surface area is 154 Å². The summed E-state index contributed by atoms with van der Waals surface area (Å²) in [6.45, 7) is 6.23. The zero-order chi connectivity index (χ0) is 18.5. The van der Waals surface area contributed by atoms with Gasteiger partial charge in [-0.05, 0) is 50.6 Å². The van der Waals surface area contributed by atoms with Crippen LogP contribution in [0.3, 0.4) is 0 Å². The van der Waals surface area contributed by atoms with Crippen LogP contribution in [0.25, 0.3) is 0 Å². The molecule has 0 radical (unpaired) electrons. The zero-order valence-electron chi connectivity index (χ0n) is 15.6. The highest BCUT2D eigenvalue weighted by molar-refractivity contribution is 5.29. The Kier molecular flexibility index (Phi) is 6.11. The standard InChI is InChI=1S/C19H29N5O2/c1-3-24-18(21-22-19(24)25)15-8-10-23(11-9-15)13-16(12-20)14-4-6-17(26-2)7-5-14/h4-7,15-16H,3,8-13,20H2,1-2H3,(H,22,25). The number of rotatable bonds is 7. The maximum absolute atomic E-state index is 11.8. The number of aromatic nitrogens is 3. The molecule has 0 aliphatic carbocycles. The number of nitrogens with zero attached hydrogens (tertiary/aromatic N) is 3.